The molecule has 11 heterocycles. The Kier molecular flexibility index (Phi) is 20.6. The van der Waals surface area contributed by atoms with Crippen molar-refractivity contribution in [2.45, 2.75) is 23.6 Å². The fourth-order valence-electron chi connectivity index (χ4n) is 8.39. The third kappa shape index (κ3) is 15.0. The van der Waals surface area contributed by atoms with Crippen LogP contribution < -0.4 is 78.8 Å². The number of hydrogen-bond donors (Lipinski definition) is 11. The molecule has 29 nitrogen and oxygen atoms in total. The van der Waals surface area contributed by atoms with Crippen molar-refractivity contribution in [3.8, 4) is 0 Å². The molecule has 452 valence electrons. The predicted octanol–water partition coefficient (Wildman–Crippen LogP) is 7.39. The van der Waals surface area contributed by atoms with Gasteiger partial charge in [0.15, 0.2) is 11.3 Å². The van der Waals surface area contributed by atoms with E-state index in [4.69, 9.17) is 46.3 Å². The van der Waals surface area contributed by atoms with Crippen LogP contribution in [0, 0.1) is 13.8 Å². The Morgan fingerprint density at radius 3 is 1.57 bits per heavy atom. The Morgan fingerprint density at radius 2 is 1.02 bits per heavy atom. The molecular weight excluding hydrogens is 1290 g/mol. The van der Waals surface area contributed by atoms with Crippen LogP contribution in [0.4, 0.5) is 46.4 Å². The average molecular weight is 1330 g/mol. The van der Waals surface area contributed by atoms with Gasteiger partial charge in [-0.05, 0) is 122 Å². The van der Waals surface area contributed by atoms with Gasteiger partial charge in [-0.1, -0.05) is 47.0 Å². The number of fused-ring (bicyclic) bond motifs is 5. The number of hydrogen-bond acceptors (Lipinski definition) is 21. The number of benzene rings is 4. The maximum atomic E-state index is 13.0. The zero-order chi connectivity index (χ0) is 61.5. The van der Waals surface area contributed by atoms with Crippen LogP contribution in [0.25, 0.3) is 54.9 Å². The molecule has 0 aliphatic rings. The van der Waals surface area contributed by atoms with Crippen LogP contribution in [0.3, 0.4) is 0 Å². The quantitative estimate of drug-likeness (QED) is 0.0275. The summed E-state index contributed by atoms with van der Waals surface area (Å²) in [6, 6.07) is 35.0. The molecule has 0 aliphatic heterocycles. The molecule has 0 unspecified atom stereocenters. The largest absolute Gasteiger partial charge is 1.00 e. The second-order valence-corrected chi connectivity index (χ2v) is 23.5. The van der Waals surface area contributed by atoms with Crippen LogP contribution in [0.1, 0.15) is 11.1 Å². The van der Waals surface area contributed by atoms with Crippen LogP contribution in [0.2, 0.25) is 15.7 Å². The van der Waals surface area contributed by atoms with Crippen molar-refractivity contribution < 1.29 is 73.7 Å². The normalized spacial score (nSPS) is 11.0. The maximum absolute atomic E-state index is 13.0. The van der Waals surface area contributed by atoms with Gasteiger partial charge < -0.3 is 37.9 Å². The van der Waals surface area contributed by atoms with Crippen molar-refractivity contribution in [2.24, 2.45) is 0 Å². The van der Waals surface area contributed by atoms with E-state index in [-0.39, 0.29) is 93.7 Å². The van der Waals surface area contributed by atoms with E-state index in [1.165, 1.54) is 12.4 Å². The number of nitrogen functional groups attached to an aromatic ring is 2. The van der Waals surface area contributed by atoms with Crippen molar-refractivity contribution in [3.63, 3.8) is 0 Å². The third-order valence-electron chi connectivity index (χ3n) is 12.7. The second-order valence-electron chi connectivity index (χ2n) is 18.8. The Balaban J connectivity index is 0.000000141. The molecule has 15 aromatic rings. The Labute approximate surface area is 567 Å². The summed E-state index contributed by atoms with van der Waals surface area (Å²) in [5, 5.41) is 46.6. The SMILES string of the molecule is Cc1ccc(S(=O)(=O)n2ccc3c(Cl)nc(Cl)nc32)cc1.Cc1ccc(S(=O)(=O)n2ccc3c(Nc4ccn[nH]4)nc(Cl)nc32)cc1.Nc1ccc2cn[nH]c2c1.Nc1ccn[nH]1.[K+].[OH-].c1cc(Nc2nc(Nc3ccc4cn[nH]c4c3)nc3[nH]ccc23)[nH]n1. The van der Waals surface area contributed by atoms with E-state index in [0.29, 0.717) is 40.0 Å². The van der Waals surface area contributed by atoms with E-state index >= 15 is 0 Å². The number of anilines is 8. The first-order valence-electron chi connectivity index (χ1n) is 25.9. The van der Waals surface area contributed by atoms with Gasteiger partial charge >= 0.3 is 51.4 Å². The molecule has 90 heavy (non-hydrogen) atoms. The molecule has 0 saturated carbocycles. The Bertz CT molecular complexity index is 5100. The van der Waals surface area contributed by atoms with Gasteiger partial charge in [0.1, 0.15) is 39.9 Å². The molecule has 0 bridgehead atoms. The minimum atomic E-state index is -3.81. The molecule has 14 N–H and O–H groups in total. The van der Waals surface area contributed by atoms with E-state index in [1.807, 2.05) is 68.6 Å². The van der Waals surface area contributed by atoms with Crippen LogP contribution >= 0.6 is 34.8 Å². The van der Waals surface area contributed by atoms with E-state index in [0.717, 1.165) is 69.1 Å². The van der Waals surface area contributed by atoms with E-state index in [1.54, 1.807) is 104 Å². The summed E-state index contributed by atoms with van der Waals surface area (Å²) in [5.41, 5.74) is 17.3. The first kappa shape index (κ1) is 65.1. The first-order valence-corrected chi connectivity index (χ1v) is 29.9. The van der Waals surface area contributed by atoms with Crippen molar-refractivity contribution in [1.29, 1.82) is 0 Å². The van der Waals surface area contributed by atoms with Crippen molar-refractivity contribution in [2.75, 3.05) is 27.4 Å². The maximum Gasteiger partial charge on any atom is 1.00 e. The van der Waals surface area contributed by atoms with E-state index < -0.39 is 20.0 Å². The monoisotopic (exact) mass is 1330 g/mol. The van der Waals surface area contributed by atoms with Crippen LogP contribution in [0.15, 0.2) is 181 Å². The number of rotatable bonds is 10. The fraction of sp³-hybridized carbons (Fsp3) is 0.0364. The van der Waals surface area contributed by atoms with E-state index in [2.05, 4.69) is 102 Å². The minimum Gasteiger partial charge on any atom is -0.870 e. The molecular formula is C55H48Cl3KN24O5S2. The smallest absolute Gasteiger partial charge is 0.870 e. The molecule has 4 aromatic carbocycles. The summed E-state index contributed by atoms with van der Waals surface area (Å²) in [6.07, 6.45) is 13.1. The fourth-order valence-corrected chi connectivity index (χ4v) is 11.6. The van der Waals surface area contributed by atoms with Crippen molar-refractivity contribution in [1.82, 2.24) is 93.8 Å². The topological polar surface area (TPSA) is 433 Å². The average Bonchev–Trinajstić information content (AvgIpc) is 1.59. The summed E-state index contributed by atoms with van der Waals surface area (Å²) >= 11 is 17.7. The molecule has 0 saturated heterocycles. The first-order chi connectivity index (χ1) is 42.4. The zero-order valence-corrected chi connectivity index (χ0v) is 54.2. The number of aromatic amines is 6. The number of H-pyrrole nitrogens is 6. The van der Waals surface area contributed by atoms with Gasteiger partial charge in [-0.2, -0.15) is 50.4 Å². The number of aryl methyl sites for hydroxylation is 2. The van der Waals surface area contributed by atoms with Gasteiger partial charge in [-0.15, -0.1) is 0 Å². The van der Waals surface area contributed by atoms with Gasteiger partial charge in [0.05, 0.1) is 68.0 Å². The molecule has 0 aliphatic carbocycles. The number of nitrogens with two attached hydrogens (primary N) is 2. The van der Waals surface area contributed by atoms with Gasteiger partial charge in [0, 0.05) is 52.9 Å². The van der Waals surface area contributed by atoms with Crippen LogP contribution in [-0.2, 0) is 20.0 Å². The van der Waals surface area contributed by atoms with Gasteiger partial charge in [-0.3, -0.25) is 25.5 Å². The van der Waals surface area contributed by atoms with Crippen LogP contribution in [-0.4, -0.2) is 116 Å². The molecule has 0 atom stereocenters. The molecule has 11 aromatic heterocycles. The molecule has 0 spiro atoms. The molecule has 0 amide bonds. The third-order valence-corrected chi connectivity index (χ3v) is 16.7. The Morgan fingerprint density at radius 1 is 0.500 bits per heavy atom. The second kappa shape index (κ2) is 28.4. The standard InChI is InChI=1S/C16H13ClN6O2S.C16H13N9.C13H9Cl2N3O2S.C7H7N3.C3H5N3.K.H2O/c1-10-2-4-11(5-3-10)26(24,25)23-9-7-12-14(19-13-6-8-18-22-13)20-16(17)21-15(12)23;1-2-10(7-12-9(1)8-19-24-12)20-16-22-14-11(3-5-17-14)15(23-16)21-13-4-6-18-25-13;1-8-2-4-9(5-3-8)21(19,20)18-7-6-10-11(14)16-13(15)17-12(10)18;8-6-2-1-5-4-9-10-7(5)3-6;4-3-1-2-5-6-3;;/h2-9H,1H3,(H2,18,19,20,21,22);1-8H,(H,19,24)(H4,17,18,20,21,22,23,25);2-7H,1H3;1-4H,8H2,(H,9,10);1-2H,(H3,4,5,6);;1H2/q;;;;;+1;/p-1. The summed E-state index contributed by atoms with van der Waals surface area (Å²) < 4.78 is 53.4. The number of halogens is 3. The molecule has 35 heteroatoms. The summed E-state index contributed by atoms with van der Waals surface area (Å²) in [7, 11) is -7.58. The summed E-state index contributed by atoms with van der Waals surface area (Å²) in [6.45, 7) is 3.77. The zero-order valence-electron chi connectivity index (χ0n) is 47.2. The van der Waals surface area contributed by atoms with Crippen molar-refractivity contribution >= 4 is 156 Å². The van der Waals surface area contributed by atoms with Gasteiger partial charge in [0.2, 0.25) is 16.5 Å². The number of nitrogens with one attached hydrogen (secondary N) is 9. The van der Waals surface area contributed by atoms with Crippen LogP contribution in [0.5, 0.6) is 0 Å². The Hall–Kier alpha value is -9.32. The summed E-state index contributed by atoms with van der Waals surface area (Å²) in [4.78, 5) is 28.6. The predicted molar refractivity (Wildman–Crippen MR) is 340 cm³/mol. The minimum absolute atomic E-state index is 0. The molecule has 15 rings (SSSR count). The van der Waals surface area contributed by atoms with E-state index in [9.17, 15) is 16.8 Å². The number of aromatic nitrogens is 19. The van der Waals surface area contributed by atoms with Crippen molar-refractivity contribution in [3.05, 3.63) is 198 Å². The van der Waals surface area contributed by atoms with Gasteiger partial charge in [0.25, 0.3) is 20.0 Å². The summed E-state index contributed by atoms with van der Waals surface area (Å²) in [5.74, 6) is 3.50. The molecule has 0 fully saturated rings. The number of nitrogens with zero attached hydrogens (tertiary/aromatic N) is 13. The molecule has 0 radical (unpaired) electrons. The van der Waals surface area contributed by atoms with Gasteiger partial charge in [-0.25, -0.2) is 29.8 Å².